The molecule has 8 nitrogen and oxygen atoms in total. The first-order valence-electron chi connectivity index (χ1n) is 5.51. The summed E-state index contributed by atoms with van der Waals surface area (Å²) in [6, 6.07) is 1.32. The molecule has 0 saturated heterocycles. The summed E-state index contributed by atoms with van der Waals surface area (Å²) in [7, 11) is 0. The molecule has 0 saturated carbocycles. The number of benzene rings is 1. The highest BCUT2D eigenvalue weighted by Crippen LogP contribution is 2.36. The molecule has 0 unspecified atom stereocenters. The molecule has 0 atom stereocenters. The van der Waals surface area contributed by atoms with Gasteiger partial charge in [0.2, 0.25) is 5.69 Å². The van der Waals surface area contributed by atoms with Crippen molar-refractivity contribution < 1.29 is 14.1 Å². The summed E-state index contributed by atoms with van der Waals surface area (Å²) in [5, 5.41) is 27.9. The number of nitrogens with zero attached hydrogens (tertiary/aromatic N) is 2. The topological polar surface area (TPSA) is 109 Å². The van der Waals surface area contributed by atoms with Crippen molar-refractivity contribution >= 4 is 0 Å². The third kappa shape index (κ3) is 1.62. The fourth-order valence-electron chi connectivity index (χ4n) is 1.87. The number of nitrogens with one attached hydrogen (secondary N) is 1. The quantitative estimate of drug-likeness (QED) is 0.681. The second-order valence-electron chi connectivity index (χ2n) is 3.89. The molecule has 2 heterocycles. The van der Waals surface area contributed by atoms with Crippen molar-refractivity contribution in [1.82, 2.24) is 15.2 Å². The lowest BCUT2D eigenvalue weighted by Gasteiger charge is -2.17. The molecule has 0 spiro atoms. The van der Waals surface area contributed by atoms with Crippen molar-refractivity contribution in [3.05, 3.63) is 21.8 Å². The molecule has 0 amide bonds. The molecular formula is C10H10N3O5-. The Balaban J connectivity index is 2.28. The second-order valence-corrected chi connectivity index (χ2v) is 3.89. The molecule has 8 heteroatoms. The van der Waals surface area contributed by atoms with Gasteiger partial charge >= 0.3 is 0 Å². The summed E-state index contributed by atoms with van der Waals surface area (Å²) in [6.07, 6.45) is 1.71. The summed E-state index contributed by atoms with van der Waals surface area (Å²) in [4.78, 5) is -0.527. The van der Waals surface area contributed by atoms with E-state index in [4.69, 9.17) is 9.47 Å². The van der Waals surface area contributed by atoms with Gasteiger partial charge in [0.25, 0.3) is 5.36 Å². The number of H-pyrrole nitrogens is 1. The number of hydrogen-bond acceptors (Lipinski definition) is 6. The summed E-state index contributed by atoms with van der Waals surface area (Å²) in [5.41, 5.74) is 0.476. The molecule has 0 aromatic carbocycles. The zero-order valence-electron chi connectivity index (χ0n) is 9.34. The first kappa shape index (κ1) is 10.8. The molecule has 0 radical (unpaired) electrons. The average molecular weight is 252 g/mol. The van der Waals surface area contributed by atoms with Gasteiger partial charge in [-0.2, -0.15) is 10.1 Å². The van der Waals surface area contributed by atoms with Crippen molar-refractivity contribution in [2.45, 2.75) is 12.8 Å². The second kappa shape index (κ2) is 4.13. The Hall–Kier alpha value is -2.38. The van der Waals surface area contributed by atoms with Gasteiger partial charge in [0.05, 0.1) is 19.3 Å². The van der Waals surface area contributed by atoms with E-state index in [0.29, 0.717) is 30.4 Å². The molecule has 3 aliphatic rings. The van der Waals surface area contributed by atoms with Crippen LogP contribution < -0.4 is 19.7 Å². The van der Waals surface area contributed by atoms with E-state index in [1.165, 1.54) is 6.07 Å². The van der Waals surface area contributed by atoms with Crippen LogP contribution in [0.2, 0.25) is 0 Å². The minimum Gasteiger partial charge on any atom is -0.612 e. The lowest BCUT2D eigenvalue weighted by molar-refractivity contribution is 0.222. The van der Waals surface area contributed by atoms with Crippen LogP contribution >= 0.6 is 0 Å². The number of rotatable bonds is 0. The average Bonchev–Trinajstić information content (AvgIpc) is 2.77. The van der Waals surface area contributed by atoms with E-state index in [1.54, 1.807) is 0 Å². The Labute approximate surface area is 101 Å². The van der Waals surface area contributed by atoms with Crippen molar-refractivity contribution in [3.8, 4) is 22.9 Å². The number of ether oxygens (including phenoxy) is 2. The van der Waals surface area contributed by atoms with Crippen LogP contribution in [0.15, 0.2) is 10.7 Å². The highest BCUT2D eigenvalue weighted by Gasteiger charge is 2.25. The molecule has 0 fully saturated rings. The Bertz CT molecular complexity index is 598. The van der Waals surface area contributed by atoms with E-state index >= 15 is 0 Å². The normalized spacial score (nSPS) is 15.1. The predicted octanol–water partition coefficient (Wildman–Crippen LogP) is 0.427. The molecule has 0 aromatic heterocycles. The minimum absolute atomic E-state index is 0.128. The van der Waals surface area contributed by atoms with Crippen LogP contribution in [0.3, 0.4) is 0 Å². The van der Waals surface area contributed by atoms with Gasteiger partial charge in [0, 0.05) is 0 Å². The van der Waals surface area contributed by atoms with E-state index in [9.17, 15) is 10.4 Å². The number of aromatic nitrogens is 2. The fourth-order valence-corrected chi connectivity index (χ4v) is 1.87. The summed E-state index contributed by atoms with van der Waals surface area (Å²) < 4.78 is 15.7. The van der Waals surface area contributed by atoms with Gasteiger partial charge in [-0.3, -0.25) is 4.63 Å². The van der Waals surface area contributed by atoms with E-state index in [2.05, 4.69) is 14.9 Å². The van der Waals surface area contributed by atoms with Gasteiger partial charge in [-0.25, -0.2) is 0 Å². The molecule has 96 valence electrons. The molecule has 1 N–H and O–H groups in total. The maximum absolute atomic E-state index is 11.0. The van der Waals surface area contributed by atoms with Gasteiger partial charge in [0.15, 0.2) is 17.2 Å². The standard InChI is InChI=1S/C10H10N3O5/c14-13(15)6-5-7-10(9-8(6)11-18-12-9)17-4-2-1-3-16-7/h5,12H,1-4H2/q-1. The summed E-state index contributed by atoms with van der Waals surface area (Å²) >= 11 is 0. The van der Waals surface area contributed by atoms with Gasteiger partial charge in [-0.15, -0.1) is 0 Å². The summed E-state index contributed by atoms with van der Waals surface area (Å²) in [6.45, 7) is 1.03. The first-order valence-corrected chi connectivity index (χ1v) is 5.51. The minimum atomic E-state index is -0.527. The third-order valence-electron chi connectivity index (χ3n) is 2.72. The maximum atomic E-state index is 11.0. The molecule has 0 bridgehead atoms. The van der Waals surface area contributed by atoms with Gasteiger partial charge < -0.3 is 19.9 Å². The van der Waals surface area contributed by atoms with Crippen molar-refractivity contribution in [2.24, 2.45) is 0 Å². The Morgan fingerprint density at radius 3 is 2.78 bits per heavy atom. The van der Waals surface area contributed by atoms with Crippen molar-refractivity contribution in [1.29, 1.82) is 0 Å². The number of hydrogen-bond donors (Lipinski definition) is 1. The van der Waals surface area contributed by atoms with Crippen LogP contribution in [0, 0.1) is 10.4 Å². The van der Waals surface area contributed by atoms with E-state index in [0.717, 1.165) is 12.8 Å². The number of aromatic amines is 1. The largest absolute Gasteiger partial charge is 0.612 e. The molecule has 0 aromatic rings. The zero-order chi connectivity index (χ0) is 12.5. The van der Waals surface area contributed by atoms with Crippen LogP contribution in [0.5, 0.6) is 11.5 Å². The SMILES string of the molecule is [O-][N+]([O-])=c1cc2c(c3[nH]onc1-3)OCCCCO2. The van der Waals surface area contributed by atoms with Crippen molar-refractivity contribution in [3.63, 3.8) is 0 Å². The van der Waals surface area contributed by atoms with Crippen LogP contribution in [-0.2, 0) is 0 Å². The van der Waals surface area contributed by atoms with Gasteiger partial charge in [0.1, 0.15) is 0 Å². The predicted molar refractivity (Wildman–Crippen MR) is 59.7 cm³/mol. The monoisotopic (exact) mass is 252 g/mol. The first-order chi connectivity index (χ1) is 8.77. The van der Waals surface area contributed by atoms with Crippen LogP contribution in [0.4, 0.5) is 0 Å². The van der Waals surface area contributed by atoms with Crippen LogP contribution in [-0.4, -0.2) is 23.5 Å². The lowest BCUT2D eigenvalue weighted by atomic mass is 10.1. The smallest absolute Gasteiger partial charge is 0.258 e. The van der Waals surface area contributed by atoms with E-state index < -0.39 is 4.90 Å². The molecule has 18 heavy (non-hydrogen) atoms. The van der Waals surface area contributed by atoms with Crippen LogP contribution in [0.1, 0.15) is 12.8 Å². The Kier molecular flexibility index (Phi) is 2.47. The molecule has 3 rings (SSSR count). The van der Waals surface area contributed by atoms with Gasteiger partial charge in [-0.1, -0.05) is 0 Å². The van der Waals surface area contributed by atoms with Gasteiger partial charge in [-0.05, 0) is 18.0 Å². The highest BCUT2D eigenvalue weighted by atomic mass is 16.8. The molecule has 1 aliphatic carbocycles. The Morgan fingerprint density at radius 1 is 1.22 bits per heavy atom. The maximum Gasteiger partial charge on any atom is 0.258 e. The fraction of sp³-hybridized carbons (Fsp3) is 0.400. The third-order valence-corrected chi connectivity index (χ3v) is 2.72. The van der Waals surface area contributed by atoms with E-state index in [-0.39, 0.29) is 11.1 Å². The number of fused-ring (bicyclic) bond motifs is 3. The summed E-state index contributed by atoms with van der Waals surface area (Å²) in [5.74, 6) is 0.755. The van der Waals surface area contributed by atoms with Crippen LogP contribution in [0.25, 0.3) is 11.4 Å². The lowest BCUT2D eigenvalue weighted by Crippen LogP contribution is -2.23. The zero-order valence-corrected chi connectivity index (χ0v) is 9.34. The molecular weight excluding hydrogens is 242 g/mol. The Morgan fingerprint density at radius 2 is 2.00 bits per heavy atom. The van der Waals surface area contributed by atoms with Crippen molar-refractivity contribution in [2.75, 3.05) is 13.2 Å². The van der Waals surface area contributed by atoms with E-state index in [1.807, 2.05) is 0 Å². The highest BCUT2D eigenvalue weighted by molar-refractivity contribution is 5.68. The molecule has 2 aliphatic heterocycles.